The molecule has 2 N–H and O–H groups in total. The molecule has 0 bridgehead atoms. The smallest absolute Gasteiger partial charge is 0.318 e. The molecule has 2 saturated heterocycles. The van der Waals surface area contributed by atoms with Gasteiger partial charge >= 0.3 is 6.73 Å². The Hall–Kier alpha value is -0.320. The third-order valence-electron chi connectivity index (χ3n) is 3.30. The molecule has 2 fully saturated rings. The SMILES string of the molecule is [C-]#[N+]COC[C@@H](O)[C@@H](O)[C@H]1O[C@H](P)C2OC(C)(C)O[C@@H]21. The standard InChI is InChI=1S/C12H20NO6P/c1-12(2)18-9-8(17-11(20)10(9)19-12)7(15)6(14)4-16-5-13-3/h6-11,14-15H,4-5,20H2,1-2H3/t6-,7-,8-,9-,10?,11-/m1/s1. The average Bonchev–Trinajstić information content (AvgIpc) is 2.84. The Balaban J connectivity index is 1.96. The van der Waals surface area contributed by atoms with E-state index in [2.05, 4.69) is 14.1 Å². The van der Waals surface area contributed by atoms with E-state index in [-0.39, 0.29) is 25.3 Å². The first kappa shape index (κ1) is 16.1. The van der Waals surface area contributed by atoms with Crippen LogP contribution < -0.4 is 0 Å². The minimum Gasteiger partial charge on any atom is -0.388 e. The summed E-state index contributed by atoms with van der Waals surface area (Å²) >= 11 is 0. The molecule has 0 saturated carbocycles. The highest BCUT2D eigenvalue weighted by atomic mass is 31.0. The van der Waals surface area contributed by atoms with Crippen LogP contribution in [0, 0.1) is 6.57 Å². The summed E-state index contributed by atoms with van der Waals surface area (Å²) in [6.45, 7) is 9.88. The minimum absolute atomic E-state index is 0.132. The van der Waals surface area contributed by atoms with Crippen LogP contribution in [0.15, 0.2) is 0 Å². The molecule has 2 heterocycles. The van der Waals surface area contributed by atoms with E-state index in [1.807, 2.05) is 0 Å². The van der Waals surface area contributed by atoms with Crippen molar-refractivity contribution >= 4 is 9.24 Å². The van der Waals surface area contributed by atoms with Crippen molar-refractivity contribution in [2.75, 3.05) is 13.3 Å². The molecule has 0 aromatic carbocycles. The van der Waals surface area contributed by atoms with Crippen LogP contribution in [0.5, 0.6) is 0 Å². The number of hydrogen-bond acceptors (Lipinski definition) is 6. The largest absolute Gasteiger partial charge is 0.388 e. The molecule has 0 radical (unpaired) electrons. The summed E-state index contributed by atoms with van der Waals surface area (Å²) in [6.07, 6.45) is -3.76. The molecule has 0 spiro atoms. The zero-order valence-electron chi connectivity index (χ0n) is 11.4. The molecule has 2 aliphatic rings. The van der Waals surface area contributed by atoms with Crippen LogP contribution in [-0.4, -0.2) is 65.7 Å². The van der Waals surface area contributed by atoms with E-state index in [4.69, 9.17) is 25.5 Å². The normalized spacial score (nSPS) is 38.2. The molecular formula is C12H20NO6P. The van der Waals surface area contributed by atoms with Gasteiger partial charge in [-0.2, -0.15) is 0 Å². The lowest BCUT2D eigenvalue weighted by atomic mass is 10.0. The van der Waals surface area contributed by atoms with Crippen molar-refractivity contribution in [1.82, 2.24) is 0 Å². The maximum atomic E-state index is 10.2. The van der Waals surface area contributed by atoms with Crippen LogP contribution in [0.1, 0.15) is 13.8 Å². The highest BCUT2D eigenvalue weighted by Gasteiger charge is 2.56. The Labute approximate surface area is 120 Å². The number of aliphatic hydroxyl groups is 2. The predicted octanol–water partition coefficient (Wildman–Crippen LogP) is -0.278. The van der Waals surface area contributed by atoms with E-state index in [0.29, 0.717) is 0 Å². The molecule has 0 amide bonds. The molecular weight excluding hydrogens is 285 g/mol. The fourth-order valence-electron chi connectivity index (χ4n) is 2.47. The molecule has 0 aromatic heterocycles. The van der Waals surface area contributed by atoms with Crippen molar-refractivity contribution in [1.29, 1.82) is 0 Å². The van der Waals surface area contributed by atoms with Gasteiger partial charge in [-0.1, -0.05) is 0 Å². The van der Waals surface area contributed by atoms with Gasteiger partial charge in [-0.3, -0.25) is 4.85 Å². The molecule has 0 aromatic rings. The predicted molar refractivity (Wildman–Crippen MR) is 71.6 cm³/mol. The lowest BCUT2D eigenvalue weighted by Gasteiger charge is -2.27. The topological polar surface area (TPSA) is 81.7 Å². The summed E-state index contributed by atoms with van der Waals surface area (Å²) in [6, 6.07) is 0. The van der Waals surface area contributed by atoms with Gasteiger partial charge in [-0.15, -0.1) is 9.24 Å². The first-order chi connectivity index (χ1) is 9.35. The first-order valence-corrected chi connectivity index (χ1v) is 7.06. The van der Waals surface area contributed by atoms with Gasteiger partial charge in [0.05, 0.1) is 6.61 Å². The van der Waals surface area contributed by atoms with Crippen molar-refractivity contribution in [3.63, 3.8) is 0 Å². The summed E-state index contributed by atoms with van der Waals surface area (Å²) in [7, 11) is 2.50. The van der Waals surface area contributed by atoms with Crippen molar-refractivity contribution < 1.29 is 29.2 Å². The molecule has 2 rings (SSSR count). The number of aliphatic hydroxyl groups excluding tert-OH is 2. The molecule has 20 heavy (non-hydrogen) atoms. The number of fused-ring (bicyclic) bond motifs is 1. The van der Waals surface area contributed by atoms with Gasteiger partial charge in [0, 0.05) is 0 Å². The van der Waals surface area contributed by atoms with Crippen LogP contribution in [0.2, 0.25) is 0 Å². The van der Waals surface area contributed by atoms with E-state index in [1.54, 1.807) is 13.8 Å². The second kappa shape index (κ2) is 6.20. The highest BCUT2D eigenvalue weighted by molar-refractivity contribution is 7.17. The summed E-state index contributed by atoms with van der Waals surface area (Å²) in [4.78, 5) is 3.00. The quantitative estimate of drug-likeness (QED) is 0.413. The zero-order chi connectivity index (χ0) is 14.9. The monoisotopic (exact) mass is 305 g/mol. The van der Waals surface area contributed by atoms with Gasteiger partial charge in [0.1, 0.15) is 36.4 Å². The van der Waals surface area contributed by atoms with E-state index < -0.39 is 30.2 Å². The van der Waals surface area contributed by atoms with Crippen LogP contribution in [0.3, 0.4) is 0 Å². The molecule has 7 atom stereocenters. The van der Waals surface area contributed by atoms with E-state index in [9.17, 15) is 10.2 Å². The second-order valence-corrected chi connectivity index (χ2v) is 6.00. The van der Waals surface area contributed by atoms with Gasteiger partial charge in [0.25, 0.3) is 0 Å². The van der Waals surface area contributed by atoms with E-state index in [1.165, 1.54) is 0 Å². The second-order valence-electron chi connectivity index (χ2n) is 5.35. The molecule has 0 aliphatic carbocycles. The van der Waals surface area contributed by atoms with Gasteiger partial charge < -0.3 is 29.2 Å². The molecule has 2 aliphatic heterocycles. The first-order valence-electron chi connectivity index (χ1n) is 6.39. The average molecular weight is 305 g/mol. The zero-order valence-corrected chi connectivity index (χ0v) is 12.6. The number of hydrogen-bond donors (Lipinski definition) is 2. The maximum absolute atomic E-state index is 10.2. The van der Waals surface area contributed by atoms with Crippen molar-refractivity contribution in [3.05, 3.63) is 11.4 Å². The van der Waals surface area contributed by atoms with Crippen LogP contribution in [0.25, 0.3) is 4.85 Å². The Bertz CT molecular complexity index is 387. The molecule has 2 unspecified atom stereocenters. The summed E-state index contributed by atoms with van der Waals surface area (Å²) < 4.78 is 21.9. The van der Waals surface area contributed by atoms with Gasteiger partial charge in [0.15, 0.2) is 5.79 Å². The summed E-state index contributed by atoms with van der Waals surface area (Å²) in [5, 5.41) is 20.1. The Morgan fingerprint density at radius 3 is 2.65 bits per heavy atom. The maximum Gasteiger partial charge on any atom is 0.318 e. The van der Waals surface area contributed by atoms with Gasteiger partial charge in [-0.25, -0.2) is 6.57 Å². The van der Waals surface area contributed by atoms with Crippen LogP contribution in [-0.2, 0) is 18.9 Å². The lowest BCUT2D eigenvalue weighted by Crippen LogP contribution is -2.46. The molecule has 8 heteroatoms. The van der Waals surface area contributed by atoms with Crippen molar-refractivity contribution in [2.45, 2.75) is 56.0 Å². The lowest BCUT2D eigenvalue weighted by molar-refractivity contribution is -0.196. The third-order valence-corrected chi connectivity index (χ3v) is 3.84. The fraction of sp³-hybridized carbons (Fsp3) is 0.917. The van der Waals surface area contributed by atoms with E-state index >= 15 is 0 Å². The van der Waals surface area contributed by atoms with Gasteiger partial charge in [0.2, 0.25) is 0 Å². The fourth-order valence-corrected chi connectivity index (χ4v) is 2.95. The number of nitrogens with zero attached hydrogens (tertiary/aromatic N) is 1. The van der Waals surface area contributed by atoms with E-state index in [0.717, 1.165) is 0 Å². The summed E-state index contributed by atoms with van der Waals surface area (Å²) in [5.41, 5.74) is 0. The number of ether oxygens (including phenoxy) is 4. The van der Waals surface area contributed by atoms with Crippen LogP contribution >= 0.6 is 9.24 Å². The molecule has 7 nitrogen and oxygen atoms in total. The van der Waals surface area contributed by atoms with Crippen LogP contribution in [0.4, 0.5) is 0 Å². The van der Waals surface area contributed by atoms with Crippen molar-refractivity contribution in [3.8, 4) is 0 Å². The summed E-state index contributed by atoms with van der Waals surface area (Å²) in [5.74, 6) is -1.05. The Morgan fingerprint density at radius 2 is 2.00 bits per heavy atom. The van der Waals surface area contributed by atoms with Gasteiger partial charge in [-0.05, 0) is 13.8 Å². The number of rotatable bonds is 5. The van der Waals surface area contributed by atoms with Crippen molar-refractivity contribution in [2.24, 2.45) is 0 Å². The Kier molecular flexibility index (Phi) is 4.98. The minimum atomic E-state index is -1.17. The third kappa shape index (κ3) is 3.29. The Morgan fingerprint density at radius 1 is 1.35 bits per heavy atom. The highest BCUT2D eigenvalue weighted by Crippen LogP contribution is 2.41. The molecule has 114 valence electrons.